The molecular weight excluding hydrogens is 431 g/mol. The zero-order chi connectivity index (χ0) is 21.1. The lowest BCUT2D eigenvalue weighted by Crippen LogP contribution is -2.12. The molecule has 1 unspecified atom stereocenters. The lowest BCUT2D eigenvalue weighted by Gasteiger charge is -2.11. The van der Waals surface area contributed by atoms with E-state index < -0.39 is 6.00 Å². The van der Waals surface area contributed by atoms with Crippen LogP contribution in [0.5, 0.6) is 0 Å². The van der Waals surface area contributed by atoms with Crippen LogP contribution >= 0.6 is 33.2 Å². The van der Waals surface area contributed by atoms with E-state index in [1.807, 2.05) is 6.92 Å². The predicted octanol–water partition coefficient (Wildman–Crippen LogP) is 9.00. The number of esters is 1. The third-order valence-electron chi connectivity index (χ3n) is 5.05. The third-order valence-corrected chi connectivity index (χ3v) is 7.68. The van der Waals surface area contributed by atoms with Gasteiger partial charge in [-0.15, -0.1) is 33.2 Å². The summed E-state index contributed by atoms with van der Waals surface area (Å²) >= 11 is 17.6. The second-order valence-corrected chi connectivity index (χ2v) is 17.2. The lowest BCUT2D eigenvalue weighted by molar-refractivity contribution is -0.142. The zero-order valence-electron chi connectivity index (χ0n) is 17.8. The van der Waals surface area contributed by atoms with Crippen LogP contribution in [0.25, 0.3) is 0 Å². The Kier molecular flexibility index (Phi) is 19.5. The predicted molar refractivity (Wildman–Crippen MR) is 128 cm³/mol. The molecule has 0 aliphatic rings. The van der Waals surface area contributed by atoms with Gasteiger partial charge in [-0.25, -0.2) is 4.79 Å². The quantitative estimate of drug-likeness (QED) is 0.0582. The molecule has 166 valence electrons. The van der Waals surface area contributed by atoms with Gasteiger partial charge in [-0.2, -0.15) is 0 Å². The van der Waals surface area contributed by atoms with Crippen molar-refractivity contribution in [3.05, 3.63) is 12.7 Å². The summed E-state index contributed by atoms with van der Waals surface area (Å²) in [6.45, 7) is 5.37. The van der Waals surface area contributed by atoms with Gasteiger partial charge in [-0.05, 0) is 25.8 Å². The van der Waals surface area contributed by atoms with Gasteiger partial charge in [0.2, 0.25) is 0 Å². The molecule has 2 nitrogen and oxygen atoms in total. The van der Waals surface area contributed by atoms with Gasteiger partial charge in [-0.3, -0.25) is 0 Å². The van der Waals surface area contributed by atoms with Crippen LogP contribution < -0.4 is 0 Å². The van der Waals surface area contributed by atoms with Crippen molar-refractivity contribution < 1.29 is 9.53 Å². The van der Waals surface area contributed by atoms with Crippen molar-refractivity contribution in [1.82, 2.24) is 0 Å². The van der Waals surface area contributed by atoms with Crippen LogP contribution in [0.15, 0.2) is 12.7 Å². The largest absolute Gasteiger partial charge is 0.460 e. The third kappa shape index (κ3) is 22.6. The van der Waals surface area contributed by atoms with Crippen molar-refractivity contribution >= 4 is 45.2 Å². The van der Waals surface area contributed by atoms with Gasteiger partial charge in [0.1, 0.15) is 0 Å². The molecule has 0 aromatic carbocycles. The molecule has 0 radical (unpaired) electrons. The molecule has 0 aromatic rings. The van der Waals surface area contributed by atoms with Crippen molar-refractivity contribution in [2.45, 2.75) is 122 Å². The van der Waals surface area contributed by atoms with Crippen molar-refractivity contribution in [3.8, 4) is 0 Å². The Labute approximate surface area is 188 Å². The smallest absolute Gasteiger partial charge is 0.341 e. The molecule has 6 heteroatoms. The second-order valence-electron chi connectivity index (χ2n) is 7.91. The van der Waals surface area contributed by atoms with Gasteiger partial charge >= 0.3 is 12.0 Å². The Bertz CT molecular complexity index is 386. The molecule has 0 aromatic heterocycles. The van der Waals surface area contributed by atoms with Crippen LogP contribution in [0.3, 0.4) is 0 Å². The minimum absolute atomic E-state index is 0.00792. The van der Waals surface area contributed by atoms with Gasteiger partial charge in [-0.1, -0.05) is 96.5 Å². The van der Waals surface area contributed by atoms with Crippen LogP contribution in [-0.4, -0.2) is 18.1 Å². The summed E-state index contributed by atoms with van der Waals surface area (Å²) in [4.78, 5) is 11.1. The number of rotatable bonds is 20. The highest BCUT2D eigenvalue weighted by Crippen LogP contribution is 2.27. The Balaban J connectivity index is 3.16. The number of ether oxygens (including phenoxy) is 1. The molecule has 0 saturated carbocycles. The van der Waals surface area contributed by atoms with E-state index in [1.54, 1.807) is 0 Å². The first kappa shape index (κ1) is 28.3. The molecule has 0 heterocycles. The van der Waals surface area contributed by atoms with E-state index in [1.165, 1.54) is 89.5 Å². The highest BCUT2D eigenvalue weighted by Gasteiger charge is 2.23. The molecule has 1 atom stereocenters. The highest BCUT2D eigenvalue weighted by atomic mass is 35.8. The molecule has 0 bridgehead atoms. The Morgan fingerprint density at radius 3 is 1.50 bits per heavy atom. The Hall–Kier alpha value is 0.297. The van der Waals surface area contributed by atoms with Gasteiger partial charge in [0.15, 0.2) is 0 Å². The molecule has 0 amide bonds. The Morgan fingerprint density at radius 1 is 0.786 bits per heavy atom. The number of carbonyl (C=O) groups excluding carboxylic acids is 1. The number of hydrogen-bond acceptors (Lipinski definition) is 2. The standard InChI is InChI=1S/C22H41Cl3O2Si/c1-3-22(26)27-21(2)19-17-15-13-11-9-7-5-4-6-8-10-12-14-16-18-20-28(23,24)25/h3,21H,1,4-20H2,2H3. The van der Waals surface area contributed by atoms with Gasteiger partial charge in [0, 0.05) is 6.08 Å². The molecule has 0 aliphatic heterocycles. The maximum atomic E-state index is 11.1. The van der Waals surface area contributed by atoms with E-state index >= 15 is 0 Å². The van der Waals surface area contributed by atoms with Crippen molar-refractivity contribution in [3.63, 3.8) is 0 Å². The molecular formula is C22H41Cl3O2Si. The average molecular weight is 472 g/mol. The summed E-state index contributed by atoms with van der Waals surface area (Å²) in [7, 11) is 0. The summed E-state index contributed by atoms with van der Waals surface area (Å²) in [6, 6.07) is -1.57. The number of hydrogen-bond donors (Lipinski definition) is 0. The van der Waals surface area contributed by atoms with Gasteiger partial charge in [0.25, 0.3) is 0 Å². The van der Waals surface area contributed by atoms with E-state index in [0.717, 1.165) is 25.3 Å². The lowest BCUT2D eigenvalue weighted by atomic mass is 10.0. The van der Waals surface area contributed by atoms with E-state index in [9.17, 15) is 4.79 Å². The summed E-state index contributed by atoms with van der Waals surface area (Å²) in [5.74, 6) is -0.314. The fourth-order valence-electron chi connectivity index (χ4n) is 3.36. The van der Waals surface area contributed by atoms with E-state index in [4.69, 9.17) is 38.0 Å². The fourth-order valence-corrected chi connectivity index (χ4v) is 5.21. The van der Waals surface area contributed by atoms with E-state index in [0.29, 0.717) is 0 Å². The minimum Gasteiger partial charge on any atom is -0.460 e. The van der Waals surface area contributed by atoms with Crippen molar-refractivity contribution in [1.29, 1.82) is 0 Å². The van der Waals surface area contributed by atoms with E-state index in [2.05, 4.69) is 6.58 Å². The van der Waals surface area contributed by atoms with Gasteiger partial charge in [0.05, 0.1) is 6.10 Å². The minimum atomic E-state index is -2.38. The first-order valence-electron chi connectivity index (χ1n) is 11.2. The highest BCUT2D eigenvalue weighted by molar-refractivity contribution is 7.64. The first-order valence-corrected chi connectivity index (χ1v) is 16.5. The number of unbranched alkanes of at least 4 members (excludes halogenated alkanes) is 14. The van der Waals surface area contributed by atoms with Crippen molar-refractivity contribution in [2.75, 3.05) is 0 Å². The first-order chi connectivity index (χ1) is 13.3. The molecule has 0 aliphatic carbocycles. The molecule has 28 heavy (non-hydrogen) atoms. The molecule has 0 N–H and O–H groups in total. The van der Waals surface area contributed by atoms with Gasteiger partial charge < -0.3 is 4.74 Å². The molecule has 0 spiro atoms. The summed E-state index contributed by atoms with van der Waals surface area (Å²) in [6.07, 6.45) is 21.7. The van der Waals surface area contributed by atoms with E-state index in [-0.39, 0.29) is 12.1 Å². The fraction of sp³-hybridized carbons (Fsp3) is 0.864. The normalized spacial score (nSPS) is 12.7. The summed E-state index contributed by atoms with van der Waals surface area (Å²) < 4.78 is 5.17. The summed E-state index contributed by atoms with van der Waals surface area (Å²) in [5.41, 5.74) is 0. The van der Waals surface area contributed by atoms with Crippen LogP contribution in [-0.2, 0) is 9.53 Å². The van der Waals surface area contributed by atoms with Crippen LogP contribution in [0.4, 0.5) is 0 Å². The van der Waals surface area contributed by atoms with Crippen molar-refractivity contribution in [2.24, 2.45) is 0 Å². The Morgan fingerprint density at radius 2 is 1.14 bits per heavy atom. The van der Waals surface area contributed by atoms with Crippen LogP contribution in [0.1, 0.15) is 110 Å². The monoisotopic (exact) mass is 470 g/mol. The topological polar surface area (TPSA) is 26.3 Å². The number of carbonyl (C=O) groups is 1. The summed E-state index contributed by atoms with van der Waals surface area (Å²) in [5, 5.41) is 0. The second kappa shape index (κ2) is 19.3. The number of halogens is 3. The van der Waals surface area contributed by atoms with Crippen LogP contribution in [0, 0.1) is 0 Å². The maximum absolute atomic E-state index is 11.1. The SMILES string of the molecule is C=CC(=O)OC(C)CCCCCCCCCCCCCCCCC[Si](Cl)(Cl)Cl. The maximum Gasteiger partial charge on any atom is 0.341 e. The van der Waals surface area contributed by atoms with Crippen LogP contribution in [0.2, 0.25) is 6.04 Å². The zero-order valence-corrected chi connectivity index (χ0v) is 21.1. The molecule has 0 rings (SSSR count). The average Bonchev–Trinajstić information content (AvgIpc) is 2.63. The molecule has 0 fully saturated rings. The molecule has 0 saturated heterocycles.